The van der Waals surface area contributed by atoms with Gasteiger partial charge in [0.25, 0.3) is 0 Å². The van der Waals surface area contributed by atoms with Gasteiger partial charge in [-0.15, -0.1) is 0 Å². The second-order valence-corrected chi connectivity index (χ2v) is 9.49. The fourth-order valence-electron chi connectivity index (χ4n) is 4.70. The zero-order valence-corrected chi connectivity index (χ0v) is 20.8. The lowest BCUT2D eigenvalue weighted by molar-refractivity contribution is -0.137. The summed E-state index contributed by atoms with van der Waals surface area (Å²) < 4.78 is 42.5. The Balaban J connectivity index is 1.35. The molecule has 2 aliphatic rings. The first-order chi connectivity index (χ1) is 17.3. The van der Waals surface area contributed by atoms with Crippen LogP contribution in [0.25, 0.3) is 0 Å². The van der Waals surface area contributed by atoms with Crippen molar-refractivity contribution in [1.82, 2.24) is 29.5 Å². The maximum absolute atomic E-state index is 13.5. The summed E-state index contributed by atoms with van der Waals surface area (Å²) in [7, 11) is 0. The number of nitrogens with zero attached hydrogens (tertiary/aromatic N) is 6. The fourth-order valence-corrected chi connectivity index (χ4v) is 4.70. The summed E-state index contributed by atoms with van der Waals surface area (Å²) in [5.41, 5.74) is 0.460. The van der Waals surface area contributed by atoms with E-state index < -0.39 is 11.7 Å². The highest BCUT2D eigenvalue weighted by Crippen LogP contribution is 2.34. The Kier molecular flexibility index (Phi) is 8.65. The van der Waals surface area contributed by atoms with Crippen LogP contribution >= 0.6 is 0 Å². The Hall–Kier alpha value is -2.89. The van der Waals surface area contributed by atoms with Gasteiger partial charge < -0.3 is 20.4 Å². The number of carbonyl (C=O) groups is 1. The van der Waals surface area contributed by atoms with E-state index in [1.165, 1.54) is 12.8 Å². The SMILES string of the molecule is Cc1nn(CCCN2CCCC2)cc1Nc1ncc(C(F)(F)F)c(NCCCN2CCCCC2=O)n1. The molecule has 4 heterocycles. The molecule has 2 saturated heterocycles. The number of hydrogen-bond donors (Lipinski definition) is 2. The molecule has 12 heteroatoms. The van der Waals surface area contributed by atoms with Gasteiger partial charge in [0.2, 0.25) is 11.9 Å². The third kappa shape index (κ3) is 7.08. The Bertz CT molecular complexity index is 1020. The zero-order valence-electron chi connectivity index (χ0n) is 20.8. The fraction of sp³-hybridized carbons (Fsp3) is 0.667. The van der Waals surface area contributed by atoms with Crippen molar-refractivity contribution in [3.63, 3.8) is 0 Å². The third-order valence-corrected chi connectivity index (χ3v) is 6.67. The standard InChI is InChI=1S/C24H35F3N8O/c1-18-20(17-35(32-18)15-7-12-33-10-4-5-11-33)30-23-29-16-19(24(25,26)27)22(31-23)28-9-6-14-34-13-3-2-8-21(34)36/h16-17H,2-15H2,1H3,(H2,28,29,30,31). The van der Waals surface area contributed by atoms with Crippen molar-refractivity contribution < 1.29 is 18.0 Å². The summed E-state index contributed by atoms with van der Waals surface area (Å²) in [5.74, 6) is -0.102. The molecule has 0 spiro atoms. The second-order valence-electron chi connectivity index (χ2n) is 9.49. The van der Waals surface area contributed by atoms with Crippen molar-refractivity contribution in [2.75, 3.05) is 49.9 Å². The number of carbonyl (C=O) groups excluding carboxylic acids is 1. The van der Waals surface area contributed by atoms with Crippen LogP contribution in [0.5, 0.6) is 0 Å². The van der Waals surface area contributed by atoms with Gasteiger partial charge in [0.1, 0.15) is 11.4 Å². The van der Waals surface area contributed by atoms with Crippen molar-refractivity contribution in [3.8, 4) is 0 Å². The van der Waals surface area contributed by atoms with Gasteiger partial charge >= 0.3 is 6.18 Å². The molecule has 1 amide bonds. The number of aromatic nitrogens is 4. The molecule has 2 aliphatic heterocycles. The van der Waals surface area contributed by atoms with Gasteiger partial charge in [0.05, 0.1) is 11.4 Å². The molecule has 0 atom stereocenters. The minimum Gasteiger partial charge on any atom is -0.369 e. The lowest BCUT2D eigenvalue weighted by Gasteiger charge is -2.26. The third-order valence-electron chi connectivity index (χ3n) is 6.67. The van der Waals surface area contributed by atoms with Gasteiger partial charge in [-0.2, -0.15) is 23.3 Å². The highest BCUT2D eigenvalue weighted by molar-refractivity contribution is 5.76. The van der Waals surface area contributed by atoms with E-state index in [0.717, 1.165) is 57.3 Å². The lowest BCUT2D eigenvalue weighted by atomic mass is 10.1. The molecule has 2 aromatic heterocycles. The van der Waals surface area contributed by atoms with Gasteiger partial charge in [-0.3, -0.25) is 9.48 Å². The van der Waals surface area contributed by atoms with Crippen LogP contribution in [0.2, 0.25) is 0 Å². The molecule has 198 valence electrons. The van der Waals surface area contributed by atoms with Gasteiger partial charge in [-0.05, 0) is 65.1 Å². The Morgan fingerprint density at radius 1 is 1.03 bits per heavy atom. The van der Waals surface area contributed by atoms with Crippen molar-refractivity contribution >= 4 is 23.4 Å². The first-order valence-corrected chi connectivity index (χ1v) is 12.8. The van der Waals surface area contributed by atoms with E-state index in [-0.39, 0.29) is 24.2 Å². The van der Waals surface area contributed by atoms with Crippen LogP contribution in [0.4, 0.5) is 30.6 Å². The number of rotatable bonds is 11. The zero-order chi connectivity index (χ0) is 25.5. The van der Waals surface area contributed by atoms with Gasteiger partial charge in [-0.25, -0.2) is 4.98 Å². The molecule has 36 heavy (non-hydrogen) atoms. The summed E-state index contributed by atoms with van der Waals surface area (Å²) in [6.07, 6.45) is 4.48. The second kappa shape index (κ2) is 11.9. The normalized spacial score (nSPS) is 17.1. The topological polar surface area (TPSA) is 91.2 Å². The van der Waals surface area contributed by atoms with E-state index in [2.05, 4.69) is 30.6 Å². The number of alkyl halides is 3. The van der Waals surface area contributed by atoms with E-state index in [1.54, 1.807) is 4.90 Å². The Morgan fingerprint density at radius 2 is 1.81 bits per heavy atom. The molecule has 2 fully saturated rings. The molecular weight excluding hydrogens is 473 g/mol. The lowest BCUT2D eigenvalue weighted by Crippen LogP contribution is -2.36. The van der Waals surface area contributed by atoms with Crippen molar-refractivity contribution in [1.29, 1.82) is 0 Å². The summed E-state index contributed by atoms with van der Waals surface area (Å²) in [6, 6.07) is 0. The number of piperidine rings is 1. The summed E-state index contributed by atoms with van der Waals surface area (Å²) in [4.78, 5) is 24.2. The maximum atomic E-state index is 13.5. The molecule has 0 unspecified atom stereocenters. The minimum atomic E-state index is -4.58. The number of aryl methyl sites for hydroxylation is 2. The number of anilines is 3. The summed E-state index contributed by atoms with van der Waals surface area (Å²) >= 11 is 0. The average Bonchev–Trinajstić information content (AvgIpc) is 3.47. The summed E-state index contributed by atoms with van der Waals surface area (Å²) in [5, 5.41) is 10.3. The van der Waals surface area contributed by atoms with Crippen molar-refractivity contribution in [2.45, 2.75) is 64.6 Å². The molecule has 0 aliphatic carbocycles. The molecule has 0 saturated carbocycles. The van der Waals surface area contributed by atoms with Crippen LogP contribution < -0.4 is 10.6 Å². The first-order valence-electron chi connectivity index (χ1n) is 12.8. The summed E-state index contributed by atoms with van der Waals surface area (Å²) in [6.45, 7) is 7.43. The molecule has 0 bridgehead atoms. The minimum absolute atomic E-state index is 0.0661. The van der Waals surface area contributed by atoms with Crippen LogP contribution in [0.3, 0.4) is 0 Å². The van der Waals surface area contributed by atoms with Crippen LogP contribution in [0.1, 0.15) is 56.2 Å². The van der Waals surface area contributed by atoms with Crippen LogP contribution in [-0.4, -0.2) is 74.7 Å². The number of halogens is 3. The van der Waals surface area contributed by atoms with E-state index in [1.807, 2.05) is 17.8 Å². The molecule has 9 nitrogen and oxygen atoms in total. The van der Waals surface area contributed by atoms with Gasteiger partial charge in [0, 0.05) is 45.0 Å². The number of nitrogens with one attached hydrogen (secondary N) is 2. The molecule has 0 aromatic carbocycles. The molecule has 0 radical (unpaired) electrons. The van der Waals surface area contributed by atoms with Crippen LogP contribution in [0.15, 0.2) is 12.4 Å². The molecule has 2 aromatic rings. The highest BCUT2D eigenvalue weighted by Gasteiger charge is 2.35. The predicted molar refractivity (Wildman–Crippen MR) is 131 cm³/mol. The van der Waals surface area contributed by atoms with E-state index in [0.29, 0.717) is 31.6 Å². The quantitative estimate of drug-likeness (QED) is 0.443. The number of hydrogen-bond acceptors (Lipinski definition) is 7. The number of amides is 1. The average molecular weight is 509 g/mol. The molecule has 4 rings (SSSR count). The van der Waals surface area contributed by atoms with Gasteiger partial charge in [-0.1, -0.05) is 0 Å². The molecular formula is C24H35F3N8O. The largest absolute Gasteiger partial charge is 0.421 e. The molecule has 2 N–H and O–H groups in total. The van der Waals surface area contributed by atoms with E-state index in [4.69, 9.17) is 0 Å². The first kappa shape index (κ1) is 26.2. The Labute approximate surface area is 209 Å². The maximum Gasteiger partial charge on any atom is 0.421 e. The number of likely N-dealkylation sites (tertiary alicyclic amines) is 2. The van der Waals surface area contributed by atoms with Crippen LogP contribution in [-0.2, 0) is 17.5 Å². The van der Waals surface area contributed by atoms with Crippen molar-refractivity contribution in [2.24, 2.45) is 0 Å². The smallest absolute Gasteiger partial charge is 0.369 e. The predicted octanol–water partition coefficient (Wildman–Crippen LogP) is 4.04. The van der Waals surface area contributed by atoms with Crippen LogP contribution in [0, 0.1) is 6.92 Å². The van der Waals surface area contributed by atoms with E-state index >= 15 is 0 Å². The van der Waals surface area contributed by atoms with E-state index in [9.17, 15) is 18.0 Å². The van der Waals surface area contributed by atoms with Crippen molar-refractivity contribution in [3.05, 3.63) is 23.7 Å². The Morgan fingerprint density at radius 3 is 2.56 bits per heavy atom. The highest BCUT2D eigenvalue weighted by atomic mass is 19.4. The monoisotopic (exact) mass is 508 g/mol. The van der Waals surface area contributed by atoms with Gasteiger partial charge in [0.15, 0.2) is 0 Å².